The van der Waals surface area contributed by atoms with Gasteiger partial charge in [0.2, 0.25) is 0 Å². The van der Waals surface area contributed by atoms with Crippen LogP contribution in [-0.2, 0) is 11.3 Å². The van der Waals surface area contributed by atoms with Crippen molar-refractivity contribution >= 4 is 11.6 Å². The summed E-state index contributed by atoms with van der Waals surface area (Å²) in [4.78, 5) is 6.89. The van der Waals surface area contributed by atoms with Crippen LogP contribution in [0.5, 0.6) is 0 Å². The number of benzene rings is 1. The van der Waals surface area contributed by atoms with Crippen LogP contribution in [0.4, 0.5) is 5.69 Å². The van der Waals surface area contributed by atoms with E-state index in [2.05, 4.69) is 45.6 Å². The molecule has 114 valence electrons. The lowest BCUT2D eigenvalue weighted by molar-refractivity contribution is 0.122. The molecule has 5 heteroatoms. The zero-order chi connectivity index (χ0) is 14.5. The first kappa shape index (κ1) is 14.2. The van der Waals surface area contributed by atoms with Gasteiger partial charge in [0.1, 0.15) is 0 Å². The fourth-order valence-corrected chi connectivity index (χ4v) is 2.75. The van der Waals surface area contributed by atoms with Crippen molar-refractivity contribution in [2.45, 2.75) is 19.9 Å². The molecule has 5 nitrogen and oxygen atoms in total. The Balaban J connectivity index is 1.72. The summed E-state index contributed by atoms with van der Waals surface area (Å²) in [7, 11) is 0. The summed E-state index contributed by atoms with van der Waals surface area (Å²) in [5.41, 5.74) is 3.94. The predicted molar refractivity (Wildman–Crippen MR) is 86.0 cm³/mol. The third-order valence-electron chi connectivity index (χ3n) is 3.94. The Morgan fingerprint density at radius 1 is 1.33 bits per heavy atom. The van der Waals surface area contributed by atoms with E-state index in [0.717, 1.165) is 58.3 Å². The molecule has 2 heterocycles. The predicted octanol–water partition coefficient (Wildman–Crippen LogP) is 1.27. The first-order valence-electron chi connectivity index (χ1n) is 7.77. The molecule has 1 aromatic carbocycles. The van der Waals surface area contributed by atoms with Crippen molar-refractivity contribution in [1.29, 1.82) is 0 Å². The summed E-state index contributed by atoms with van der Waals surface area (Å²) in [5.74, 6) is 0.926. The zero-order valence-electron chi connectivity index (χ0n) is 12.7. The van der Waals surface area contributed by atoms with Gasteiger partial charge in [-0.2, -0.15) is 0 Å². The van der Waals surface area contributed by atoms with E-state index in [0.29, 0.717) is 0 Å². The SMILES string of the molecule is Cc1ccc(CNC2=NCCCN2)c(N2CCOCC2)c1. The second kappa shape index (κ2) is 6.80. The van der Waals surface area contributed by atoms with E-state index >= 15 is 0 Å². The van der Waals surface area contributed by atoms with E-state index in [4.69, 9.17) is 4.74 Å². The van der Waals surface area contributed by atoms with Crippen LogP contribution in [0.15, 0.2) is 23.2 Å². The van der Waals surface area contributed by atoms with Crippen LogP contribution in [0.25, 0.3) is 0 Å². The number of hydrogen-bond acceptors (Lipinski definition) is 5. The van der Waals surface area contributed by atoms with Gasteiger partial charge >= 0.3 is 0 Å². The number of guanidine groups is 1. The van der Waals surface area contributed by atoms with Gasteiger partial charge in [-0.25, -0.2) is 0 Å². The molecule has 0 bridgehead atoms. The molecular weight excluding hydrogens is 264 g/mol. The van der Waals surface area contributed by atoms with E-state index in [1.165, 1.54) is 16.8 Å². The highest BCUT2D eigenvalue weighted by Gasteiger charge is 2.15. The van der Waals surface area contributed by atoms with Gasteiger partial charge in [-0.15, -0.1) is 0 Å². The molecule has 0 atom stereocenters. The normalized spacial score (nSPS) is 18.9. The molecule has 3 rings (SSSR count). The van der Waals surface area contributed by atoms with Gasteiger partial charge in [0.25, 0.3) is 0 Å². The van der Waals surface area contributed by atoms with Crippen LogP contribution >= 0.6 is 0 Å². The summed E-state index contributed by atoms with van der Waals surface area (Å²) >= 11 is 0. The molecule has 0 aliphatic carbocycles. The average molecular weight is 288 g/mol. The molecule has 21 heavy (non-hydrogen) atoms. The smallest absolute Gasteiger partial charge is 0.191 e. The minimum atomic E-state index is 0.804. The Labute approximate surface area is 126 Å². The molecule has 2 aliphatic rings. The van der Waals surface area contributed by atoms with Crippen molar-refractivity contribution in [3.8, 4) is 0 Å². The highest BCUT2D eigenvalue weighted by molar-refractivity contribution is 5.80. The number of aryl methyl sites for hydroxylation is 1. The number of morpholine rings is 1. The van der Waals surface area contributed by atoms with Crippen LogP contribution in [0.3, 0.4) is 0 Å². The minimum Gasteiger partial charge on any atom is -0.378 e. The Bertz CT molecular complexity index is 509. The topological polar surface area (TPSA) is 48.9 Å². The molecule has 0 spiro atoms. The third kappa shape index (κ3) is 3.67. The number of aliphatic imine (C=N–C) groups is 1. The summed E-state index contributed by atoms with van der Waals surface area (Å²) in [5, 5.41) is 6.72. The van der Waals surface area contributed by atoms with E-state index < -0.39 is 0 Å². The largest absolute Gasteiger partial charge is 0.378 e. The highest BCUT2D eigenvalue weighted by atomic mass is 16.5. The maximum Gasteiger partial charge on any atom is 0.191 e. The lowest BCUT2D eigenvalue weighted by Gasteiger charge is -2.31. The van der Waals surface area contributed by atoms with Gasteiger partial charge in [0.05, 0.1) is 13.2 Å². The first-order valence-corrected chi connectivity index (χ1v) is 7.77. The van der Waals surface area contributed by atoms with Gasteiger partial charge in [-0.1, -0.05) is 12.1 Å². The summed E-state index contributed by atoms with van der Waals surface area (Å²) < 4.78 is 5.46. The van der Waals surface area contributed by atoms with Crippen molar-refractivity contribution in [3.05, 3.63) is 29.3 Å². The Morgan fingerprint density at radius 3 is 2.95 bits per heavy atom. The van der Waals surface area contributed by atoms with Crippen molar-refractivity contribution in [1.82, 2.24) is 10.6 Å². The number of nitrogens with one attached hydrogen (secondary N) is 2. The quantitative estimate of drug-likeness (QED) is 0.879. The molecule has 2 N–H and O–H groups in total. The molecule has 0 saturated carbocycles. The monoisotopic (exact) mass is 288 g/mol. The van der Waals surface area contributed by atoms with Crippen LogP contribution in [-0.4, -0.2) is 45.4 Å². The lowest BCUT2D eigenvalue weighted by atomic mass is 10.1. The fourth-order valence-electron chi connectivity index (χ4n) is 2.75. The van der Waals surface area contributed by atoms with Crippen LogP contribution in [0.1, 0.15) is 17.5 Å². The first-order chi connectivity index (χ1) is 10.3. The zero-order valence-corrected chi connectivity index (χ0v) is 12.7. The van der Waals surface area contributed by atoms with Gasteiger partial charge in [-0.05, 0) is 30.5 Å². The maximum atomic E-state index is 5.46. The van der Waals surface area contributed by atoms with Crippen LogP contribution in [0.2, 0.25) is 0 Å². The standard InChI is InChI=1S/C16H24N4O/c1-13-3-4-14(12-19-16-17-5-2-6-18-16)15(11-13)20-7-9-21-10-8-20/h3-4,11H,2,5-10,12H2,1H3,(H2,17,18,19). The number of nitrogens with zero attached hydrogens (tertiary/aromatic N) is 2. The van der Waals surface area contributed by atoms with Gasteiger partial charge in [-0.3, -0.25) is 4.99 Å². The molecule has 0 aromatic heterocycles. The molecule has 1 saturated heterocycles. The molecule has 0 radical (unpaired) electrons. The van der Waals surface area contributed by atoms with E-state index in [1.807, 2.05) is 0 Å². The number of ether oxygens (including phenoxy) is 1. The molecule has 0 unspecified atom stereocenters. The second-order valence-electron chi connectivity index (χ2n) is 5.60. The molecule has 1 aromatic rings. The molecular formula is C16H24N4O. The number of hydrogen-bond donors (Lipinski definition) is 2. The number of rotatable bonds is 3. The Morgan fingerprint density at radius 2 is 2.19 bits per heavy atom. The van der Waals surface area contributed by atoms with Crippen molar-refractivity contribution in [2.75, 3.05) is 44.3 Å². The average Bonchev–Trinajstić information content (AvgIpc) is 2.55. The van der Waals surface area contributed by atoms with Crippen molar-refractivity contribution in [2.24, 2.45) is 4.99 Å². The van der Waals surface area contributed by atoms with E-state index in [1.54, 1.807) is 0 Å². The van der Waals surface area contributed by atoms with Gasteiger partial charge < -0.3 is 20.3 Å². The highest BCUT2D eigenvalue weighted by Crippen LogP contribution is 2.23. The molecule has 2 aliphatic heterocycles. The molecule has 1 fully saturated rings. The Kier molecular flexibility index (Phi) is 4.60. The molecule has 0 amide bonds. The number of anilines is 1. The fraction of sp³-hybridized carbons (Fsp3) is 0.562. The van der Waals surface area contributed by atoms with Crippen LogP contribution < -0.4 is 15.5 Å². The third-order valence-corrected chi connectivity index (χ3v) is 3.94. The van der Waals surface area contributed by atoms with Gasteiger partial charge in [0, 0.05) is 38.4 Å². The maximum absolute atomic E-state index is 5.46. The van der Waals surface area contributed by atoms with Crippen LogP contribution in [0, 0.1) is 6.92 Å². The summed E-state index contributed by atoms with van der Waals surface area (Å²) in [6.07, 6.45) is 1.12. The summed E-state index contributed by atoms with van der Waals surface area (Å²) in [6, 6.07) is 6.67. The minimum absolute atomic E-state index is 0.804. The summed E-state index contributed by atoms with van der Waals surface area (Å²) in [6.45, 7) is 8.44. The van der Waals surface area contributed by atoms with Crippen molar-refractivity contribution in [3.63, 3.8) is 0 Å². The van der Waals surface area contributed by atoms with E-state index in [9.17, 15) is 0 Å². The lowest BCUT2D eigenvalue weighted by Crippen LogP contribution is -2.41. The van der Waals surface area contributed by atoms with Gasteiger partial charge in [0.15, 0.2) is 5.96 Å². The Hall–Kier alpha value is -1.75. The second-order valence-corrected chi connectivity index (χ2v) is 5.60. The van der Waals surface area contributed by atoms with Crippen molar-refractivity contribution < 1.29 is 4.74 Å². The van der Waals surface area contributed by atoms with E-state index in [-0.39, 0.29) is 0 Å².